The van der Waals surface area contributed by atoms with Crippen LogP contribution in [0.15, 0.2) is 40.9 Å². The highest BCUT2D eigenvalue weighted by atomic mass is 79.9. The van der Waals surface area contributed by atoms with Crippen molar-refractivity contribution in [2.45, 2.75) is 20.0 Å². The van der Waals surface area contributed by atoms with E-state index < -0.39 is 5.97 Å². The molecule has 0 heterocycles. The Morgan fingerprint density at radius 3 is 2.57 bits per heavy atom. The van der Waals surface area contributed by atoms with Gasteiger partial charge < -0.3 is 15.6 Å². The molecule has 2 rings (SSSR count). The highest BCUT2D eigenvalue weighted by Crippen LogP contribution is 2.30. The molecule has 2 aromatic rings. The van der Waals surface area contributed by atoms with Crippen LogP contribution in [0.25, 0.3) is 0 Å². The Hall–Kier alpha value is -2.01. The van der Waals surface area contributed by atoms with Crippen LogP contribution in [-0.2, 0) is 17.8 Å². The van der Waals surface area contributed by atoms with Crippen LogP contribution in [0.1, 0.15) is 16.7 Å². The number of hydrogen-bond donors (Lipinski definition) is 2. The highest BCUT2D eigenvalue weighted by molar-refractivity contribution is 9.10. The Balaban J connectivity index is 2.19. The fraction of sp³-hybridized carbons (Fsp3) is 0.188. The number of carbonyl (C=O) groups is 1. The van der Waals surface area contributed by atoms with E-state index in [2.05, 4.69) is 15.9 Å². The molecule has 0 aliphatic rings. The second-order valence-corrected chi connectivity index (χ2v) is 5.68. The molecule has 0 atom stereocenters. The number of hydrogen-bond acceptors (Lipinski definition) is 3. The van der Waals surface area contributed by atoms with Crippen molar-refractivity contribution in [1.82, 2.24) is 0 Å². The predicted octanol–water partition coefficient (Wildman–Crippen LogP) is 3.55. The van der Waals surface area contributed by atoms with E-state index in [1.807, 2.05) is 31.2 Å². The second kappa shape index (κ2) is 6.63. The van der Waals surface area contributed by atoms with E-state index >= 15 is 0 Å². The number of aliphatic carboxylic acids is 1. The summed E-state index contributed by atoms with van der Waals surface area (Å²) in [6, 6.07) is 11.1. The second-order valence-electron chi connectivity index (χ2n) is 4.77. The van der Waals surface area contributed by atoms with Gasteiger partial charge in [0.2, 0.25) is 0 Å². The van der Waals surface area contributed by atoms with E-state index in [1.165, 1.54) is 0 Å². The van der Waals surface area contributed by atoms with Gasteiger partial charge in [0, 0.05) is 4.47 Å². The van der Waals surface area contributed by atoms with Gasteiger partial charge in [-0.1, -0.05) is 40.2 Å². The third kappa shape index (κ3) is 3.98. The molecule has 0 saturated carbocycles. The lowest BCUT2D eigenvalue weighted by Crippen LogP contribution is -2.07. The number of nitrogen functional groups attached to an aromatic ring is 1. The number of benzene rings is 2. The van der Waals surface area contributed by atoms with E-state index in [0.29, 0.717) is 11.4 Å². The summed E-state index contributed by atoms with van der Waals surface area (Å²) in [6.07, 6.45) is -0.0195. The van der Waals surface area contributed by atoms with Crippen molar-refractivity contribution < 1.29 is 14.6 Å². The minimum absolute atomic E-state index is 0.0195. The Kier molecular flexibility index (Phi) is 4.85. The van der Waals surface area contributed by atoms with Gasteiger partial charge in [-0.2, -0.15) is 0 Å². The lowest BCUT2D eigenvalue weighted by Gasteiger charge is -2.14. The van der Waals surface area contributed by atoms with Crippen LogP contribution < -0.4 is 10.5 Å². The van der Waals surface area contributed by atoms with Gasteiger partial charge in [0.1, 0.15) is 12.4 Å². The van der Waals surface area contributed by atoms with Gasteiger partial charge in [-0.3, -0.25) is 4.79 Å². The third-order valence-corrected chi connectivity index (χ3v) is 3.56. The standard InChI is InChI=1S/C16H16BrNO3/c1-10-6-13(17)8-14(18)16(10)21-9-12-5-3-2-4-11(12)7-15(19)20/h2-6,8H,7,9,18H2,1H3,(H,19,20). The van der Waals surface area contributed by atoms with Crippen LogP contribution in [0.3, 0.4) is 0 Å². The van der Waals surface area contributed by atoms with E-state index in [-0.39, 0.29) is 13.0 Å². The van der Waals surface area contributed by atoms with Crippen molar-refractivity contribution in [2.24, 2.45) is 0 Å². The van der Waals surface area contributed by atoms with Gasteiger partial charge >= 0.3 is 5.97 Å². The molecule has 0 radical (unpaired) electrons. The summed E-state index contributed by atoms with van der Waals surface area (Å²) >= 11 is 3.38. The lowest BCUT2D eigenvalue weighted by molar-refractivity contribution is -0.136. The maximum Gasteiger partial charge on any atom is 0.307 e. The number of rotatable bonds is 5. The van der Waals surface area contributed by atoms with Gasteiger partial charge in [-0.25, -0.2) is 0 Å². The normalized spacial score (nSPS) is 10.4. The first-order chi connectivity index (χ1) is 9.97. The molecule has 3 N–H and O–H groups in total. The zero-order valence-electron chi connectivity index (χ0n) is 11.6. The van der Waals surface area contributed by atoms with Gasteiger partial charge in [0.15, 0.2) is 0 Å². The maximum atomic E-state index is 10.9. The summed E-state index contributed by atoms with van der Waals surface area (Å²) in [5.41, 5.74) is 9.03. The monoisotopic (exact) mass is 349 g/mol. The first-order valence-electron chi connectivity index (χ1n) is 6.44. The number of ether oxygens (including phenoxy) is 1. The van der Waals surface area contributed by atoms with E-state index in [1.54, 1.807) is 12.1 Å². The Bertz CT molecular complexity index is 647. The fourth-order valence-corrected chi connectivity index (χ4v) is 2.73. The SMILES string of the molecule is Cc1cc(Br)cc(N)c1OCc1ccccc1CC(=O)O. The van der Waals surface area contributed by atoms with Crippen LogP contribution in [0.4, 0.5) is 5.69 Å². The van der Waals surface area contributed by atoms with E-state index in [4.69, 9.17) is 15.6 Å². The van der Waals surface area contributed by atoms with Crippen LogP contribution in [0, 0.1) is 6.92 Å². The fourth-order valence-electron chi connectivity index (χ4n) is 2.14. The topological polar surface area (TPSA) is 72.5 Å². The van der Waals surface area contributed by atoms with Crippen molar-refractivity contribution in [3.63, 3.8) is 0 Å². The number of carboxylic acids is 1. The van der Waals surface area contributed by atoms with E-state index in [9.17, 15) is 4.79 Å². The molecule has 5 heteroatoms. The highest BCUT2D eigenvalue weighted by Gasteiger charge is 2.10. The van der Waals surface area contributed by atoms with Crippen molar-refractivity contribution in [1.29, 1.82) is 0 Å². The van der Waals surface area contributed by atoms with Gasteiger partial charge in [-0.05, 0) is 35.7 Å². The average molecular weight is 350 g/mol. The number of nitrogens with two attached hydrogens (primary N) is 1. The molecular formula is C16H16BrNO3. The molecule has 0 saturated heterocycles. The third-order valence-electron chi connectivity index (χ3n) is 3.10. The molecule has 2 aromatic carbocycles. The molecular weight excluding hydrogens is 334 g/mol. The summed E-state index contributed by atoms with van der Waals surface area (Å²) < 4.78 is 6.69. The molecule has 0 unspecified atom stereocenters. The summed E-state index contributed by atoms with van der Waals surface area (Å²) in [5, 5.41) is 8.93. The Morgan fingerprint density at radius 2 is 1.95 bits per heavy atom. The quantitative estimate of drug-likeness (QED) is 0.809. The summed E-state index contributed by atoms with van der Waals surface area (Å²) in [5.74, 6) is -0.231. The zero-order valence-corrected chi connectivity index (χ0v) is 13.2. The van der Waals surface area contributed by atoms with Crippen molar-refractivity contribution in [3.8, 4) is 5.75 Å². The molecule has 21 heavy (non-hydrogen) atoms. The summed E-state index contributed by atoms with van der Waals surface area (Å²) in [4.78, 5) is 10.9. The molecule has 0 aromatic heterocycles. The molecule has 0 aliphatic heterocycles. The van der Waals surface area contributed by atoms with Crippen LogP contribution in [0.2, 0.25) is 0 Å². The number of carboxylic acid groups (broad SMARTS) is 1. The van der Waals surface area contributed by atoms with Gasteiger partial charge in [0.25, 0.3) is 0 Å². The van der Waals surface area contributed by atoms with Crippen molar-refractivity contribution in [3.05, 3.63) is 57.6 Å². The van der Waals surface area contributed by atoms with Gasteiger partial charge in [-0.15, -0.1) is 0 Å². The van der Waals surface area contributed by atoms with Crippen LogP contribution in [-0.4, -0.2) is 11.1 Å². The van der Waals surface area contributed by atoms with Crippen molar-refractivity contribution >= 4 is 27.6 Å². The largest absolute Gasteiger partial charge is 0.486 e. The van der Waals surface area contributed by atoms with E-state index in [0.717, 1.165) is 21.2 Å². The molecule has 0 amide bonds. The van der Waals surface area contributed by atoms with Gasteiger partial charge in [0.05, 0.1) is 12.1 Å². The lowest BCUT2D eigenvalue weighted by atomic mass is 10.1. The molecule has 4 nitrogen and oxygen atoms in total. The van der Waals surface area contributed by atoms with Crippen LogP contribution >= 0.6 is 15.9 Å². The predicted molar refractivity (Wildman–Crippen MR) is 85.4 cm³/mol. The Morgan fingerprint density at radius 1 is 1.29 bits per heavy atom. The van der Waals surface area contributed by atoms with Crippen molar-refractivity contribution in [2.75, 3.05) is 5.73 Å². The summed E-state index contributed by atoms with van der Waals surface area (Å²) in [6.45, 7) is 2.20. The first kappa shape index (κ1) is 15.4. The number of anilines is 1. The first-order valence-corrected chi connectivity index (χ1v) is 7.23. The number of halogens is 1. The molecule has 0 spiro atoms. The zero-order chi connectivity index (χ0) is 15.4. The molecule has 0 bridgehead atoms. The molecule has 110 valence electrons. The smallest absolute Gasteiger partial charge is 0.307 e. The molecule has 0 fully saturated rings. The summed E-state index contributed by atoms with van der Waals surface area (Å²) in [7, 11) is 0. The Labute approximate surface area is 131 Å². The average Bonchev–Trinajstić information content (AvgIpc) is 2.38. The number of aryl methyl sites for hydroxylation is 1. The minimum Gasteiger partial charge on any atom is -0.486 e. The van der Waals surface area contributed by atoms with Crippen LogP contribution in [0.5, 0.6) is 5.75 Å². The molecule has 0 aliphatic carbocycles. The maximum absolute atomic E-state index is 10.9. The minimum atomic E-state index is -0.859.